The van der Waals surface area contributed by atoms with Gasteiger partial charge in [-0.3, -0.25) is 4.68 Å². The molecule has 1 aliphatic carbocycles. The Morgan fingerprint density at radius 3 is 2.74 bits per heavy atom. The number of carbonyl (C=O) groups is 1. The monoisotopic (exact) mass is 338 g/mol. The predicted octanol–water partition coefficient (Wildman–Crippen LogP) is 4.27. The fraction of sp³-hybridized carbons (Fsp3) is 0.765. The third kappa shape index (κ3) is 4.66. The molecule has 2 amide bonds. The van der Waals surface area contributed by atoms with Crippen molar-refractivity contribution in [2.75, 3.05) is 11.1 Å². The van der Waals surface area contributed by atoms with Gasteiger partial charge in [0.05, 0.1) is 17.1 Å². The van der Waals surface area contributed by atoms with Gasteiger partial charge in [0.2, 0.25) is 0 Å². The second-order valence-electron chi connectivity index (χ2n) is 6.62. The quantitative estimate of drug-likeness (QED) is 0.843. The summed E-state index contributed by atoms with van der Waals surface area (Å²) >= 11 is 2.01. The Morgan fingerprint density at radius 1 is 1.39 bits per heavy atom. The van der Waals surface area contributed by atoms with Gasteiger partial charge in [-0.05, 0) is 52.7 Å². The lowest BCUT2D eigenvalue weighted by atomic mass is 9.95. The van der Waals surface area contributed by atoms with Crippen molar-refractivity contribution in [2.45, 2.75) is 77.6 Å². The minimum absolute atomic E-state index is 0.105. The minimum Gasteiger partial charge on any atom is -0.335 e. The lowest BCUT2D eigenvalue weighted by Gasteiger charge is -2.29. The fourth-order valence-corrected chi connectivity index (χ4v) is 4.52. The number of hydrogen-bond donors (Lipinski definition) is 2. The molecule has 130 valence electrons. The van der Waals surface area contributed by atoms with E-state index in [4.69, 9.17) is 0 Å². The number of aryl methyl sites for hydroxylation is 1. The van der Waals surface area contributed by atoms with Crippen LogP contribution < -0.4 is 10.6 Å². The molecule has 1 aromatic heterocycles. The van der Waals surface area contributed by atoms with E-state index in [9.17, 15) is 4.79 Å². The summed E-state index contributed by atoms with van der Waals surface area (Å²) in [4.78, 5) is 12.4. The largest absolute Gasteiger partial charge is 0.335 e. The Kier molecular flexibility index (Phi) is 6.39. The first-order chi connectivity index (χ1) is 10.9. The molecule has 1 aromatic rings. The van der Waals surface area contributed by atoms with E-state index in [2.05, 4.69) is 36.5 Å². The van der Waals surface area contributed by atoms with Crippen molar-refractivity contribution in [1.82, 2.24) is 15.1 Å². The Morgan fingerprint density at radius 2 is 2.13 bits per heavy atom. The van der Waals surface area contributed by atoms with E-state index < -0.39 is 0 Å². The highest BCUT2D eigenvalue weighted by Gasteiger charge is 2.24. The third-order valence-electron chi connectivity index (χ3n) is 4.42. The SMILES string of the molecule is CCSC1CCCC(NC(=O)Nc2c(C)nn(C(C)C)c2C)C1. The fourth-order valence-electron chi connectivity index (χ4n) is 3.34. The lowest BCUT2D eigenvalue weighted by molar-refractivity contribution is 0.244. The predicted molar refractivity (Wildman–Crippen MR) is 98.4 cm³/mol. The summed E-state index contributed by atoms with van der Waals surface area (Å²) in [5, 5.41) is 11.4. The summed E-state index contributed by atoms with van der Waals surface area (Å²) in [5.74, 6) is 1.15. The molecule has 0 radical (unpaired) electrons. The summed E-state index contributed by atoms with van der Waals surface area (Å²) in [6, 6.07) is 0.470. The molecular formula is C17H30N4OS. The van der Waals surface area contributed by atoms with Crippen molar-refractivity contribution >= 4 is 23.5 Å². The molecule has 5 nitrogen and oxygen atoms in total. The lowest BCUT2D eigenvalue weighted by Crippen LogP contribution is -2.41. The molecular weight excluding hydrogens is 308 g/mol. The zero-order valence-electron chi connectivity index (χ0n) is 15.0. The number of nitrogens with zero attached hydrogens (tertiary/aromatic N) is 2. The maximum absolute atomic E-state index is 12.4. The zero-order valence-corrected chi connectivity index (χ0v) is 15.8. The van der Waals surface area contributed by atoms with Crippen LogP contribution in [-0.2, 0) is 0 Å². The highest BCUT2D eigenvalue weighted by atomic mass is 32.2. The first kappa shape index (κ1) is 18.2. The van der Waals surface area contributed by atoms with Crippen LogP contribution in [0.25, 0.3) is 0 Å². The number of anilines is 1. The normalized spacial score (nSPS) is 21.5. The van der Waals surface area contributed by atoms with E-state index in [-0.39, 0.29) is 18.1 Å². The van der Waals surface area contributed by atoms with Gasteiger partial charge in [0.1, 0.15) is 0 Å². The number of thioether (sulfide) groups is 1. The molecule has 23 heavy (non-hydrogen) atoms. The molecule has 1 heterocycles. The van der Waals surface area contributed by atoms with E-state index in [0.29, 0.717) is 5.25 Å². The van der Waals surface area contributed by atoms with Crippen molar-refractivity contribution in [3.63, 3.8) is 0 Å². The summed E-state index contributed by atoms with van der Waals surface area (Å²) < 4.78 is 1.96. The van der Waals surface area contributed by atoms with Gasteiger partial charge in [0, 0.05) is 17.3 Å². The van der Waals surface area contributed by atoms with Gasteiger partial charge in [-0.25, -0.2) is 4.79 Å². The molecule has 2 N–H and O–H groups in total. The van der Waals surface area contributed by atoms with Crippen LogP contribution in [0.15, 0.2) is 0 Å². The number of carbonyl (C=O) groups excluding carboxylic acids is 1. The molecule has 1 saturated carbocycles. The van der Waals surface area contributed by atoms with Crippen molar-refractivity contribution in [1.29, 1.82) is 0 Å². The summed E-state index contributed by atoms with van der Waals surface area (Å²) in [7, 11) is 0. The highest BCUT2D eigenvalue weighted by molar-refractivity contribution is 7.99. The number of nitrogens with one attached hydrogen (secondary N) is 2. The molecule has 0 saturated heterocycles. The average Bonchev–Trinajstić information content (AvgIpc) is 2.76. The van der Waals surface area contributed by atoms with E-state index >= 15 is 0 Å². The van der Waals surface area contributed by atoms with Gasteiger partial charge in [0.15, 0.2) is 0 Å². The number of hydrogen-bond acceptors (Lipinski definition) is 3. The second kappa shape index (κ2) is 8.08. The molecule has 6 heteroatoms. The van der Waals surface area contributed by atoms with Gasteiger partial charge in [-0.15, -0.1) is 0 Å². The van der Waals surface area contributed by atoms with Crippen molar-refractivity contribution in [3.05, 3.63) is 11.4 Å². The Balaban J connectivity index is 1.95. The number of rotatable bonds is 5. The number of amides is 2. The van der Waals surface area contributed by atoms with Crippen molar-refractivity contribution < 1.29 is 4.79 Å². The maximum atomic E-state index is 12.4. The molecule has 2 rings (SSSR count). The molecule has 2 atom stereocenters. The molecule has 0 aliphatic heterocycles. The Bertz CT molecular complexity index is 539. The van der Waals surface area contributed by atoms with E-state index in [1.165, 1.54) is 12.8 Å². The van der Waals surface area contributed by atoms with Crippen LogP contribution in [0.1, 0.15) is 63.9 Å². The van der Waals surface area contributed by atoms with E-state index in [1.54, 1.807) is 0 Å². The van der Waals surface area contributed by atoms with Gasteiger partial charge in [0.25, 0.3) is 0 Å². The van der Waals surface area contributed by atoms with Crippen LogP contribution >= 0.6 is 11.8 Å². The van der Waals surface area contributed by atoms with E-state index in [0.717, 1.165) is 35.7 Å². The Hall–Kier alpha value is -1.17. The summed E-state index contributed by atoms with van der Waals surface area (Å²) in [6.07, 6.45) is 4.64. The highest BCUT2D eigenvalue weighted by Crippen LogP contribution is 2.28. The van der Waals surface area contributed by atoms with Gasteiger partial charge in [-0.2, -0.15) is 16.9 Å². The van der Waals surface area contributed by atoms with Crippen molar-refractivity contribution in [3.8, 4) is 0 Å². The summed E-state index contributed by atoms with van der Waals surface area (Å²) in [5.41, 5.74) is 2.72. The van der Waals surface area contributed by atoms with E-state index in [1.807, 2.05) is 30.3 Å². The van der Waals surface area contributed by atoms with Crippen LogP contribution in [0.4, 0.5) is 10.5 Å². The average molecular weight is 339 g/mol. The van der Waals surface area contributed by atoms with Crippen LogP contribution in [0.2, 0.25) is 0 Å². The van der Waals surface area contributed by atoms with Crippen LogP contribution in [0.5, 0.6) is 0 Å². The first-order valence-corrected chi connectivity index (χ1v) is 9.72. The third-order valence-corrected chi connectivity index (χ3v) is 5.65. The van der Waals surface area contributed by atoms with Crippen LogP contribution in [-0.4, -0.2) is 32.9 Å². The van der Waals surface area contributed by atoms with Gasteiger partial charge >= 0.3 is 6.03 Å². The number of urea groups is 1. The van der Waals surface area contributed by atoms with Gasteiger partial charge in [-0.1, -0.05) is 13.3 Å². The minimum atomic E-state index is -0.105. The smallest absolute Gasteiger partial charge is 0.319 e. The molecule has 1 aliphatic rings. The molecule has 0 bridgehead atoms. The first-order valence-electron chi connectivity index (χ1n) is 8.67. The number of aromatic nitrogens is 2. The Labute approximate surface area is 144 Å². The van der Waals surface area contributed by atoms with Crippen LogP contribution in [0, 0.1) is 13.8 Å². The second-order valence-corrected chi connectivity index (χ2v) is 8.20. The standard InChI is InChI=1S/C17H30N4OS/c1-6-23-15-9-7-8-14(10-15)18-17(22)19-16-12(4)20-21(11(2)3)13(16)5/h11,14-15H,6-10H2,1-5H3,(H2,18,19,22). The molecule has 0 aromatic carbocycles. The molecule has 2 unspecified atom stereocenters. The molecule has 0 spiro atoms. The topological polar surface area (TPSA) is 59.0 Å². The molecule has 1 fully saturated rings. The van der Waals surface area contributed by atoms with Crippen LogP contribution in [0.3, 0.4) is 0 Å². The van der Waals surface area contributed by atoms with Crippen molar-refractivity contribution in [2.24, 2.45) is 0 Å². The summed E-state index contributed by atoms with van der Waals surface area (Å²) in [6.45, 7) is 10.3. The zero-order chi connectivity index (χ0) is 17.0. The maximum Gasteiger partial charge on any atom is 0.319 e. The van der Waals surface area contributed by atoms with Gasteiger partial charge < -0.3 is 10.6 Å².